The van der Waals surface area contributed by atoms with Crippen molar-refractivity contribution >= 4 is 5.97 Å². The fraction of sp³-hybridized carbons (Fsp3) is 0.944. The number of rotatable bonds is 13. The molecule has 26 heavy (non-hydrogen) atoms. The molecule has 0 aromatic carbocycles. The highest BCUT2D eigenvalue weighted by atomic mass is 16.6. The van der Waals surface area contributed by atoms with Gasteiger partial charge in [0, 0.05) is 6.42 Å². The molecule has 0 aliphatic carbocycles. The number of aliphatic hydroxyl groups is 4. The number of nitrogens with one attached hydrogen (secondary N) is 1. The molecule has 5 atom stereocenters. The number of carbonyl (C=O) groups is 1. The van der Waals surface area contributed by atoms with Crippen molar-refractivity contribution < 1.29 is 34.7 Å². The molecule has 1 fully saturated rings. The zero-order valence-electron chi connectivity index (χ0n) is 15.7. The SMILES string of the molecule is COC(=O)CCCCCCCCCCNC1OC(CO)C(O)C(O)C1O. The van der Waals surface area contributed by atoms with Crippen LogP contribution in [0.3, 0.4) is 0 Å². The highest BCUT2D eigenvalue weighted by molar-refractivity contribution is 5.68. The van der Waals surface area contributed by atoms with Gasteiger partial charge in [-0.2, -0.15) is 0 Å². The number of esters is 1. The van der Waals surface area contributed by atoms with Gasteiger partial charge >= 0.3 is 5.97 Å². The standard InChI is InChI=1S/C18H35NO7/c1-25-14(21)10-8-6-4-2-3-5-7-9-11-19-18-17(24)16(23)15(22)13(12-20)26-18/h13,15-20,22-24H,2-12H2,1H3. The Labute approximate surface area is 155 Å². The summed E-state index contributed by atoms with van der Waals surface area (Å²) < 4.78 is 9.98. The van der Waals surface area contributed by atoms with Gasteiger partial charge in [-0.25, -0.2) is 0 Å². The predicted molar refractivity (Wildman–Crippen MR) is 95.3 cm³/mol. The zero-order valence-corrected chi connectivity index (χ0v) is 15.7. The third-order valence-electron chi connectivity index (χ3n) is 4.77. The Bertz CT molecular complexity index is 381. The van der Waals surface area contributed by atoms with Gasteiger partial charge in [0.1, 0.15) is 30.6 Å². The van der Waals surface area contributed by atoms with E-state index in [1.165, 1.54) is 7.11 Å². The Balaban J connectivity index is 1.99. The summed E-state index contributed by atoms with van der Waals surface area (Å²) in [6, 6.07) is 0. The summed E-state index contributed by atoms with van der Waals surface area (Å²) in [5, 5.41) is 41.5. The maximum atomic E-state index is 11.0. The first-order chi connectivity index (χ1) is 12.5. The van der Waals surface area contributed by atoms with Gasteiger partial charge in [-0.3, -0.25) is 10.1 Å². The zero-order chi connectivity index (χ0) is 19.4. The summed E-state index contributed by atoms with van der Waals surface area (Å²) in [4.78, 5) is 11.0. The molecule has 0 spiro atoms. The van der Waals surface area contributed by atoms with Crippen molar-refractivity contribution in [2.75, 3.05) is 20.3 Å². The highest BCUT2D eigenvalue weighted by Crippen LogP contribution is 2.19. The van der Waals surface area contributed by atoms with Gasteiger partial charge < -0.3 is 29.9 Å². The van der Waals surface area contributed by atoms with Gasteiger partial charge in [-0.1, -0.05) is 38.5 Å². The first kappa shape index (κ1) is 23.3. The van der Waals surface area contributed by atoms with Crippen LogP contribution in [0.25, 0.3) is 0 Å². The average Bonchev–Trinajstić information content (AvgIpc) is 2.65. The number of methoxy groups -OCH3 is 1. The van der Waals surface area contributed by atoms with Crippen LogP contribution in [0.1, 0.15) is 57.8 Å². The third kappa shape index (κ3) is 8.28. The molecule has 0 aromatic rings. The minimum Gasteiger partial charge on any atom is -0.469 e. The van der Waals surface area contributed by atoms with Crippen LogP contribution >= 0.6 is 0 Å². The van der Waals surface area contributed by atoms with Crippen LogP contribution in [0.5, 0.6) is 0 Å². The molecule has 154 valence electrons. The minimum atomic E-state index is -1.34. The first-order valence-electron chi connectivity index (χ1n) is 9.62. The summed E-state index contributed by atoms with van der Waals surface area (Å²) in [5.74, 6) is -0.142. The molecule has 5 N–H and O–H groups in total. The number of hydrogen-bond donors (Lipinski definition) is 5. The molecule has 8 nitrogen and oxygen atoms in total. The molecular formula is C18H35NO7. The molecule has 8 heteroatoms. The second-order valence-corrected chi connectivity index (χ2v) is 6.86. The second kappa shape index (κ2) is 13.4. The van der Waals surface area contributed by atoms with Crippen molar-refractivity contribution in [3.63, 3.8) is 0 Å². The normalized spacial score (nSPS) is 28.9. The summed E-state index contributed by atoms with van der Waals surface area (Å²) in [5.41, 5.74) is 0. The summed E-state index contributed by atoms with van der Waals surface area (Å²) >= 11 is 0. The van der Waals surface area contributed by atoms with E-state index in [0.717, 1.165) is 51.4 Å². The molecule has 0 aromatic heterocycles. The Morgan fingerprint density at radius 3 is 2.08 bits per heavy atom. The highest BCUT2D eigenvalue weighted by Gasteiger charge is 2.42. The predicted octanol–water partition coefficient (Wildman–Crippen LogP) is 0.0598. The van der Waals surface area contributed by atoms with Crippen LogP contribution < -0.4 is 5.32 Å². The van der Waals surface area contributed by atoms with E-state index in [-0.39, 0.29) is 5.97 Å². The number of ether oxygens (including phenoxy) is 2. The molecule has 5 unspecified atom stereocenters. The molecule has 0 radical (unpaired) electrons. The van der Waals surface area contributed by atoms with Crippen LogP contribution in [0.15, 0.2) is 0 Å². The maximum Gasteiger partial charge on any atom is 0.305 e. The molecule has 1 rings (SSSR count). The molecular weight excluding hydrogens is 342 g/mol. The maximum absolute atomic E-state index is 11.0. The van der Waals surface area contributed by atoms with Crippen LogP contribution in [0.4, 0.5) is 0 Å². The van der Waals surface area contributed by atoms with Gasteiger partial charge in [0.15, 0.2) is 0 Å². The van der Waals surface area contributed by atoms with E-state index >= 15 is 0 Å². The summed E-state index contributed by atoms with van der Waals surface area (Å²) in [6.45, 7) is 0.213. The van der Waals surface area contributed by atoms with E-state index in [9.17, 15) is 20.1 Å². The third-order valence-corrected chi connectivity index (χ3v) is 4.77. The largest absolute Gasteiger partial charge is 0.469 e. The molecule has 1 aliphatic rings. The minimum absolute atomic E-state index is 0.142. The topological polar surface area (TPSA) is 128 Å². The van der Waals surface area contributed by atoms with E-state index in [0.29, 0.717) is 13.0 Å². The van der Waals surface area contributed by atoms with Crippen molar-refractivity contribution in [1.29, 1.82) is 0 Å². The Hall–Kier alpha value is -0.770. The average molecular weight is 377 g/mol. The lowest BCUT2D eigenvalue weighted by molar-refractivity contribution is -0.236. The Morgan fingerprint density at radius 1 is 0.923 bits per heavy atom. The monoisotopic (exact) mass is 377 g/mol. The van der Waals surface area contributed by atoms with Crippen LogP contribution in [-0.4, -0.2) is 77.3 Å². The summed E-state index contributed by atoms with van der Waals surface area (Å²) in [6.07, 6.45) is 3.40. The van der Waals surface area contributed by atoms with E-state index in [2.05, 4.69) is 10.1 Å². The van der Waals surface area contributed by atoms with E-state index in [1.54, 1.807) is 0 Å². The number of aliphatic hydroxyl groups excluding tert-OH is 4. The van der Waals surface area contributed by atoms with E-state index in [4.69, 9.17) is 9.84 Å². The first-order valence-corrected chi connectivity index (χ1v) is 9.62. The molecule has 0 bridgehead atoms. The van der Waals surface area contributed by atoms with E-state index < -0.39 is 37.3 Å². The molecule has 1 heterocycles. The van der Waals surface area contributed by atoms with Crippen molar-refractivity contribution in [2.24, 2.45) is 0 Å². The number of hydrogen-bond acceptors (Lipinski definition) is 8. The Kier molecular flexibility index (Phi) is 12.0. The van der Waals surface area contributed by atoms with Crippen molar-refractivity contribution in [2.45, 2.75) is 88.4 Å². The molecule has 0 saturated carbocycles. The molecule has 1 aliphatic heterocycles. The Morgan fingerprint density at radius 2 is 1.50 bits per heavy atom. The van der Waals surface area contributed by atoms with Crippen molar-refractivity contribution in [3.8, 4) is 0 Å². The van der Waals surface area contributed by atoms with Gasteiger partial charge in [0.2, 0.25) is 0 Å². The van der Waals surface area contributed by atoms with Gasteiger partial charge in [-0.05, 0) is 19.4 Å². The van der Waals surface area contributed by atoms with E-state index in [1.807, 2.05) is 0 Å². The lowest BCUT2D eigenvalue weighted by Crippen LogP contribution is -2.62. The van der Waals surface area contributed by atoms with Crippen molar-refractivity contribution in [3.05, 3.63) is 0 Å². The summed E-state index contributed by atoms with van der Waals surface area (Å²) in [7, 11) is 1.41. The smallest absolute Gasteiger partial charge is 0.305 e. The fourth-order valence-corrected chi connectivity index (χ4v) is 3.07. The molecule has 1 saturated heterocycles. The second-order valence-electron chi connectivity index (χ2n) is 6.86. The lowest BCUT2D eigenvalue weighted by atomic mass is 9.98. The number of carbonyl (C=O) groups excluding carboxylic acids is 1. The quantitative estimate of drug-likeness (QED) is 0.225. The van der Waals surface area contributed by atoms with Crippen molar-refractivity contribution in [1.82, 2.24) is 5.32 Å². The van der Waals surface area contributed by atoms with Crippen LogP contribution in [-0.2, 0) is 14.3 Å². The van der Waals surface area contributed by atoms with Gasteiger partial charge in [-0.15, -0.1) is 0 Å². The van der Waals surface area contributed by atoms with Gasteiger partial charge in [0.25, 0.3) is 0 Å². The fourth-order valence-electron chi connectivity index (χ4n) is 3.07. The molecule has 0 amide bonds. The van der Waals surface area contributed by atoms with Crippen LogP contribution in [0.2, 0.25) is 0 Å². The lowest BCUT2D eigenvalue weighted by Gasteiger charge is -2.40. The number of unbranched alkanes of at least 4 members (excludes halogenated alkanes) is 7. The van der Waals surface area contributed by atoms with Gasteiger partial charge in [0.05, 0.1) is 13.7 Å². The van der Waals surface area contributed by atoms with Crippen LogP contribution in [0, 0.1) is 0 Å².